The second kappa shape index (κ2) is 3.27. The van der Waals surface area contributed by atoms with Gasteiger partial charge in [-0.3, -0.25) is 4.68 Å². The second-order valence-corrected chi connectivity index (χ2v) is 5.36. The van der Waals surface area contributed by atoms with Crippen molar-refractivity contribution in [2.45, 2.75) is 52.0 Å². The summed E-state index contributed by atoms with van der Waals surface area (Å²) in [6.45, 7) is 6.52. The van der Waals surface area contributed by atoms with Gasteiger partial charge in [-0.05, 0) is 46.5 Å². The molecule has 0 radical (unpaired) electrons. The molecule has 0 saturated heterocycles. The lowest BCUT2D eigenvalue weighted by molar-refractivity contribution is 0.340. The first-order valence-electron chi connectivity index (χ1n) is 5.27. The highest BCUT2D eigenvalue weighted by Gasteiger charge is 2.25. The monoisotopic (exact) mass is 212 g/mol. The lowest BCUT2D eigenvalue weighted by atomic mass is 9.97. The molecule has 2 nitrogen and oxygen atoms in total. The minimum absolute atomic E-state index is 0.0502. The number of rotatable bonds is 0. The van der Waals surface area contributed by atoms with Gasteiger partial charge in [0.2, 0.25) is 0 Å². The van der Waals surface area contributed by atoms with Crippen molar-refractivity contribution in [3.63, 3.8) is 0 Å². The van der Waals surface area contributed by atoms with E-state index < -0.39 is 0 Å². The Hall–Kier alpha value is -0.500. The Labute approximate surface area is 90.3 Å². The first-order valence-corrected chi connectivity index (χ1v) is 5.64. The van der Waals surface area contributed by atoms with Crippen LogP contribution in [-0.4, -0.2) is 9.78 Å². The van der Waals surface area contributed by atoms with E-state index in [1.165, 1.54) is 24.1 Å². The van der Waals surface area contributed by atoms with E-state index in [4.69, 9.17) is 11.6 Å². The van der Waals surface area contributed by atoms with E-state index in [2.05, 4.69) is 30.6 Å². The van der Waals surface area contributed by atoms with E-state index in [9.17, 15) is 0 Å². The number of halogens is 1. The Morgan fingerprint density at radius 1 is 1.21 bits per heavy atom. The summed E-state index contributed by atoms with van der Waals surface area (Å²) in [6.07, 6.45) is 4.75. The zero-order valence-corrected chi connectivity index (χ0v) is 9.86. The van der Waals surface area contributed by atoms with Crippen LogP contribution in [0.2, 0.25) is 5.15 Å². The Kier molecular flexibility index (Phi) is 2.34. The van der Waals surface area contributed by atoms with Crippen molar-refractivity contribution >= 4 is 11.6 Å². The summed E-state index contributed by atoms with van der Waals surface area (Å²) in [7, 11) is 0. The minimum atomic E-state index is 0.0502. The van der Waals surface area contributed by atoms with Crippen LogP contribution in [-0.2, 0) is 18.4 Å². The van der Waals surface area contributed by atoms with E-state index in [0.29, 0.717) is 0 Å². The van der Waals surface area contributed by atoms with Gasteiger partial charge in [-0.2, -0.15) is 5.10 Å². The third-order valence-corrected chi connectivity index (χ3v) is 3.07. The van der Waals surface area contributed by atoms with Gasteiger partial charge in [-0.25, -0.2) is 0 Å². The largest absolute Gasteiger partial charge is 0.263 e. The van der Waals surface area contributed by atoms with E-state index in [1.54, 1.807) is 0 Å². The SMILES string of the molecule is CC(C)(C)n1nc(Cl)c2c1CCCC2. The maximum atomic E-state index is 6.14. The van der Waals surface area contributed by atoms with Gasteiger partial charge in [0, 0.05) is 11.3 Å². The molecule has 14 heavy (non-hydrogen) atoms. The Morgan fingerprint density at radius 3 is 2.50 bits per heavy atom. The third kappa shape index (κ3) is 1.56. The standard InChI is InChI=1S/C11H17ClN2/c1-11(2,3)14-9-7-5-4-6-8(9)10(12)13-14/h4-7H2,1-3H3. The van der Waals surface area contributed by atoms with Crippen LogP contribution in [0, 0.1) is 0 Å². The van der Waals surface area contributed by atoms with Gasteiger partial charge in [-0.15, -0.1) is 0 Å². The molecule has 0 N–H and O–H groups in total. The molecule has 3 heteroatoms. The third-order valence-electron chi connectivity index (χ3n) is 2.77. The van der Waals surface area contributed by atoms with Crippen molar-refractivity contribution in [1.29, 1.82) is 0 Å². The molecule has 1 aliphatic rings. The highest BCUT2D eigenvalue weighted by Crippen LogP contribution is 2.30. The van der Waals surface area contributed by atoms with Crippen LogP contribution in [0.1, 0.15) is 44.9 Å². The molecule has 0 aliphatic heterocycles. The molecule has 0 bridgehead atoms. The van der Waals surface area contributed by atoms with Gasteiger partial charge in [-0.1, -0.05) is 11.6 Å². The quantitative estimate of drug-likeness (QED) is 0.646. The minimum Gasteiger partial charge on any atom is -0.263 e. The molecule has 2 rings (SSSR count). The molecule has 1 aliphatic carbocycles. The molecule has 1 aromatic heterocycles. The number of hydrogen-bond acceptors (Lipinski definition) is 1. The van der Waals surface area contributed by atoms with Crippen molar-refractivity contribution in [3.8, 4) is 0 Å². The molecule has 0 aromatic carbocycles. The van der Waals surface area contributed by atoms with Crippen molar-refractivity contribution in [2.24, 2.45) is 0 Å². The molecule has 1 heterocycles. The fourth-order valence-corrected chi connectivity index (χ4v) is 2.39. The van der Waals surface area contributed by atoms with Gasteiger partial charge in [0.25, 0.3) is 0 Å². The van der Waals surface area contributed by atoms with E-state index in [1.807, 2.05) is 0 Å². The van der Waals surface area contributed by atoms with Crippen molar-refractivity contribution in [2.75, 3.05) is 0 Å². The van der Waals surface area contributed by atoms with Gasteiger partial charge >= 0.3 is 0 Å². The van der Waals surface area contributed by atoms with Crippen molar-refractivity contribution in [1.82, 2.24) is 9.78 Å². The highest BCUT2D eigenvalue weighted by atomic mass is 35.5. The lowest BCUT2D eigenvalue weighted by Gasteiger charge is -2.24. The molecule has 1 aromatic rings. The summed E-state index contributed by atoms with van der Waals surface area (Å²) in [5.74, 6) is 0. The molecular weight excluding hydrogens is 196 g/mol. The highest BCUT2D eigenvalue weighted by molar-refractivity contribution is 6.30. The fourth-order valence-electron chi connectivity index (χ4n) is 2.11. The molecule has 0 unspecified atom stereocenters. The first-order chi connectivity index (χ1) is 6.50. The van der Waals surface area contributed by atoms with Crippen LogP contribution >= 0.6 is 11.6 Å². The number of hydrogen-bond donors (Lipinski definition) is 0. The van der Waals surface area contributed by atoms with Gasteiger partial charge < -0.3 is 0 Å². The van der Waals surface area contributed by atoms with Crippen LogP contribution in [0.5, 0.6) is 0 Å². The molecular formula is C11H17ClN2. The molecule has 0 atom stereocenters. The summed E-state index contributed by atoms with van der Waals surface area (Å²) in [5, 5.41) is 5.16. The Balaban J connectivity index is 2.52. The van der Waals surface area contributed by atoms with Gasteiger partial charge in [0.1, 0.15) is 0 Å². The number of aromatic nitrogens is 2. The fraction of sp³-hybridized carbons (Fsp3) is 0.727. The van der Waals surface area contributed by atoms with Crippen LogP contribution in [0.3, 0.4) is 0 Å². The van der Waals surface area contributed by atoms with Crippen molar-refractivity contribution in [3.05, 3.63) is 16.4 Å². The van der Waals surface area contributed by atoms with Gasteiger partial charge in [0.05, 0.1) is 5.54 Å². The maximum Gasteiger partial charge on any atom is 0.154 e. The predicted molar refractivity (Wildman–Crippen MR) is 58.9 cm³/mol. The summed E-state index contributed by atoms with van der Waals surface area (Å²) >= 11 is 6.14. The van der Waals surface area contributed by atoms with E-state index in [0.717, 1.165) is 18.0 Å². The van der Waals surface area contributed by atoms with Crippen LogP contribution in [0.4, 0.5) is 0 Å². The average Bonchev–Trinajstić information content (AvgIpc) is 2.44. The maximum absolute atomic E-state index is 6.14. The normalized spacial score (nSPS) is 16.9. The zero-order chi connectivity index (χ0) is 10.3. The van der Waals surface area contributed by atoms with Crippen LogP contribution in [0.15, 0.2) is 0 Å². The van der Waals surface area contributed by atoms with E-state index in [-0.39, 0.29) is 5.54 Å². The Morgan fingerprint density at radius 2 is 1.86 bits per heavy atom. The molecule has 0 amide bonds. The number of nitrogens with zero attached hydrogens (tertiary/aromatic N) is 2. The predicted octanol–water partition coefficient (Wildman–Crippen LogP) is 3.17. The Bertz CT molecular complexity index is 347. The molecule has 0 fully saturated rings. The lowest BCUT2D eigenvalue weighted by Crippen LogP contribution is -2.26. The molecule has 78 valence electrons. The molecule has 0 spiro atoms. The summed E-state index contributed by atoms with van der Waals surface area (Å²) in [5.41, 5.74) is 2.69. The summed E-state index contributed by atoms with van der Waals surface area (Å²) in [6, 6.07) is 0. The van der Waals surface area contributed by atoms with Crippen LogP contribution < -0.4 is 0 Å². The van der Waals surface area contributed by atoms with Crippen molar-refractivity contribution < 1.29 is 0 Å². The average molecular weight is 213 g/mol. The second-order valence-electron chi connectivity index (χ2n) is 5.01. The zero-order valence-electron chi connectivity index (χ0n) is 9.10. The van der Waals surface area contributed by atoms with Gasteiger partial charge in [0.15, 0.2) is 5.15 Å². The van der Waals surface area contributed by atoms with Crippen LogP contribution in [0.25, 0.3) is 0 Å². The first kappa shape index (κ1) is 10.0. The smallest absolute Gasteiger partial charge is 0.154 e. The summed E-state index contributed by atoms with van der Waals surface area (Å²) < 4.78 is 2.10. The van der Waals surface area contributed by atoms with E-state index >= 15 is 0 Å². The molecule has 0 saturated carbocycles. The topological polar surface area (TPSA) is 17.8 Å². The summed E-state index contributed by atoms with van der Waals surface area (Å²) in [4.78, 5) is 0. The number of fused-ring (bicyclic) bond motifs is 1.